The Bertz CT molecular complexity index is 1770. The molecule has 61 heavy (non-hydrogen) atoms. The summed E-state index contributed by atoms with van der Waals surface area (Å²) in [6.07, 6.45) is -11.1. The summed E-state index contributed by atoms with van der Waals surface area (Å²) >= 11 is -4.66. The zero-order valence-electron chi connectivity index (χ0n) is 33.6. The smallest absolute Gasteiger partial charge is 0.266 e. The van der Waals surface area contributed by atoms with Gasteiger partial charge in [0.05, 0.1) is 36.6 Å². The lowest BCUT2D eigenvalue weighted by atomic mass is 9.98. The van der Waals surface area contributed by atoms with Crippen LogP contribution in [0.3, 0.4) is 0 Å². The van der Waals surface area contributed by atoms with E-state index in [0.717, 1.165) is 21.9 Å². The lowest BCUT2D eigenvalue weighted by Crippen LogP contribution is -2.64. The topological polar surface area (TPSA) is 395 Å². The van der Waals surface area contributed by atoms with Crippen LogP contribution in [0.15, 0.2) is 18.2 Å². The predicted octanol–water partition coefficient (Wildman–Crippen LogP) is -4.96. The molecule has 13 atom stereocenters. The van der Waals surface area contributed by atoms with Crippen LogP contribution in [-0.4, -0.2) is 188 Å². The van der Waals surface area contributed by atoms with Crippen molar-refractivity contribution < 1.29 is 82.4 Å². The van der Waals surface area contributed by atoms with Crippen molar-refractivity contribution in [2.24, 2.45) is 17.6 Å². The van der Waals surface area contributed by atoms with Gasteiger partial charge in [0.2, 0.25) is 35.4 Å². The Labute approximate surface area is 351 Å². The molecule has 1 aromatic rings. The number of rotatable bonds is 9. The van der Waals surface area contributed by atoms with Gasteiger partial charge in [0.25, 0.3) is 11.2 Å². The summed E-state index contributed by atoms with van der Waals surface area (Å²) in [4.78, 5) is 85.2. The van der Waals surface area contributed by atoms with Gasteiger partial charge in [-0.2, -0.15) is 0 Å². The van der Waals surface area contributed by atoms with E-state index in [9.17, 15) is 78.2 Å². The lowest BCUT2D eigenvalue weighted by Gasteiger charge is -2.34. The van der Waals surface area contributed by atoms with E-state index in [0.29, 0.717) is 0 Å². The molecular weight excluding hydrogens is 834 g/mol. The molecule has 3 fully saturated rings. The van der Waals surface area contributed by atoms with Crippen molar-refractivity contribution in [3.63, 3.8) is 0 Å². The van der Waals surface area contributed by atoms with Crippen LogP contribution in [0.1, 0.15) is 45.6 Å². The summed E-state index contributed by atoms with van der Waals surface area (Å²) < 4.78 is 32.7. The van der Waals surface area contributed by atoms with Gasteiger partial charge >= 0.3 is 0 Å². The van der Waals surface area contributed by atoms with E-state index in [-0.39, 0.29) is 31.5 Å². The monoisotopic (exact) mass is 891 g/mol. The first-order chi connectivity index (χ1) is 28.4. The minimum Gasteiger partial charge on any atom is -0.504 e. The minimum atomic E-state index is -4.66. The van der Waals surface area contributed by atoms with Crippen molar-refractivity contribution in [2.75, 3.05) is 26.2 Å². The molecule has 344 valence electrons. The highest BCUT2D eigenvalue weighted by Crippen LogP contribution is 2.40. The number of carbonyl (C=O) groups is 6. The number of amides is 6. The summed E-state index contributed by atoms with van der Waals surface area (Å²) in [5.41, 5.74) is 5.68. The van der Waals surface area contributed by atoms with Gasteiger partial charge in [0.1, 0.15) is 30.2 Å². The highest BCUT2D eigenvalue weighted by atomic mass is 32.3. The number of hydrogen-bond donors (Lipinski definition) is 15. The number of carbonyl (C=O) groups excluding carboxylic acids is 6. The minimum absolute atomic E-state index is 0.000929. The molecule has 0 bridgehead atoms. The first-order valence-corrected chi connectivity index (χ1v) is 21.0. The number of nitrogens with two attached hydrogens (primary N) is 1. The van der Waals surface area contributed by atoms with Crippen molar-refractivity contribution in [1.29, 1.82) is 0 Å². The fraction of sp³-hybridized carbons (Fsp3) is 0.667. The Morgan fingerprint density at radius 2 is 1.43 bits per heavy atom. The second-order valence-electron chi connectivity index (χ2n) is 15.8. The highest BCUT2D eigenvalue weighted by molar-refractivity contribution is 8.15. The molecule has 0 spiro atoms. The number of phenolic OH excluding ortho intramolecular Hbond substituents is 1. The molecule has 3 aliphatic rings. The van der Waals surface area contributed by atoms with E-state index in [1.807, 2.05) is 0 Å². The fourth-order valence-corrected chi connectivity index (χ4v) is 7.92. The quantitative estimate of drug-likeness (QED) is 0.110. The number of benzene rings is 1. The Morgan fingerprint density at radius 3 is 2.05 bits per heavy atom. The number of phenols is 1. The largest absolute Gasteiger partial charge is 0.504 e. The van der Waals surface area contributed by atoms with Gasteiger partial charge in [-0.15, -0.1) is 0 Å². The lowest BCUT2D eigenvalue weighted by molar-refractivity contribution is -0.147. The van der Waals surface area contributed by atoms with Crippen molar-refractivity contribution in [3.05, 3.63) is 23.8 Å². The average molecular weight is 892 g/mol. The molecule has 3 heterocycles. The average Bonchev–Trinajstić information content (AvgIpc) is 3.71. The Balaban J connectivity index is 1.81. The molecule has 16 N–H and O–H groups in total. The number of hydrogen-bond acceptors (Lipinski definition) is 18. The van der Waals surface area contributed by atoms with Gasteiger partial charge < -0.3 is 76.7 Å². The molecule has 0 unspecified atom stereocenters. The van der Waals surface area contributed by atoms with E-state index in [4.69, 9.17) is 5.73 Å². The maximum absolute atomic E-state index is 14.3. The molecule has 0 saturated carbocycles. The van der Waals surface area contributed by atoms with E-state index < -0.39 is 163 Å². The number of nitrogens with zero attached hydrogens (tertiary/aromatic N) is 2. The van der Waals surface area contributed by atoms with Crippen LogP contribution < -0.4 is 31.2 Å². The summed E-state index contributed by atoms with van der Waals surface area (Å²) in [5, 5.41) is 85.5. The summed E-state index contributed by atoms with van der Waals surface area (Å²) in [7, 11) is 0. The molecule has 3 saturated heterocycles. The van der Waals surface area contributed by atoms with Crippen LogP contribution in [0.25, 0.3) is 0 Å². The zero-order chi connectivity index (χ0) is 45.7. The van der Waals surface area contributed by atoms with Crippen LogP contribution in [0.4, 0.5) is 0 Å². The summed E-state index contributed by atoms with van der Waals surface area (Å²) in [6.45, 7) is 2.68. The van der Waals surface area contributed by atoms with Crippen LogP contribution in [0.2, 0.25) is 0 Å². The number of aliphatic hydroxyl groups is 6. The highest BCUT2D eigenvalue weighted by Gasteiger charge is 2.49. The van der Waals surface area contributed by atoms with E-state index in [1.165, 1.54) is 26.8 Å². The number of aromatic hydroxyl groups is 1. The molecule has 6 amide bonds. The summed E-state index contributed by atoms with van der Waals surface area (Å²) in [6, 6.07) is -5.79. The zero-order valence-corrected chi connectivity index (χ0v) is 34.4. The Kier molecular flexibility index (Phi) is 16.7. The van der Waals surface area contributed by atoms with E-state index in [2.05, 4.69) is 25.5 Å². The first-order valence-electron chi connectivity index (χ1n) is 19.5. The van der Waals surface area contributed by atoms with Crippen molar-refractivity contribution >= 4 is 46.6 Å². The first kappa shape index (κ1) is 49.2. The van der Waals surface area contributed by atoms with E-state index in [1.54, 1.807) is 0 Å². The molecule has 0 radical (unpaired) electrons. The second-order valence-corrected chi connectivity index (χ2v) is 16.9. The van der Waals surface area contributed by atoms with Crippen LogP contribution >= 0.6 is 11.2 Å². The fourth-order valence-electron chi connectivity index (χ4n) is 7.54. The molecule has 0 aliphatic carbocycles. The van der Waals surface area contributed by atoms with Gasteiger partial charge in [-0.3, -0.25) is 42.4 Å². The molecular formula is C36H57N7O17S. The normalized spacial score (nSPS) is 32.0. The van der Waals surface area contributed by atoms with Crippen LogP contribution in [0.5, 0.6) is 11.5 Å². The molecule has 1 aromatic carbocycles. The maximum atomic E-state index is 14.3. The van der Waals surface area contributed by atoms with Gasteiger partial charge in [-0.25, -0.2) is 0 Å². The summed E-state index contributed by atoms with van der Waals surface area (Å²) in [5.74, 6) is -9.44. The molecule has 25 heteroatoms. The van der Waals surface area contributed by atoms with Gasteiger partial charge in [-0.1, -0.05) is 19.9 Å². The number of β-amino-alcohol motifs (C(OH)–C–C–N with tert-alkyl or cyclic N) is 1. The number of nitrogens with one attached hydrogen (secondary N) is 4. The third kappa shape index (κ3) is 12.4. The van der Waals surface area contributed by atoms with Gasteiger partial charge in [0, 0.05) is 44.3 Å². The Hall–Kier alpha value is -4.41. The molecule has 24 nitrogen and oxygen atoms in total. The van der Waals surface area contributed by atoms with Crippen molar-refractivity contribution in [1.82, 2.24) is 31.1 Å². The molecule has 0 aromatic heterocycles. The predicted molar refractivity (Wildman–Crippen MR) is 211 cm³/mol. The maximum Gasteiger partial charge on any atom is 0.266 e. The standard InChI is InChI=1S/C36H57N7O17S/c1-15-8-19(45)12-38-34(54)29-30(50)16(2)13-43(29)36(56)28(23(48)6-7-37)41-33(53)27(24(49)9-18-4-5-22(47)25(10-18)60-61(57,58)59)40-32(52)21-11-20(46)14-42(21)35(55)26(17(3)44)39-31(15)51/h4-5,10,15-17,19-21,23-24,26-30,44-50,57-59H,6-9,11-14,37H2,1-3H3,(H,38,54)(H,39,51)(H,40,52)(H,41,53)/t15-,16-,17+,19+,20+,21-,23+,24+,26-,27-,28-,29-,30-/m0/s1. The molecule has 3 aliphatic heterocycles. The van der Waals surface area contributed by atoms with Crippen molar-refractivity contribution in [3.8, 4) is 11.5 Å². The van der Waals surface area contributed by atoms with Gasteiger partial charge in [0.15, 0.2) is 11.5 Å². The molecule has 4 rings (SSSR count). The van der Waals surface area contributed by atoms with Crippen molar-refractivity contribution in [2.45, 2.75) is 113 Å². The number of aliphatic hydroxyl groups excluding tert-OH is 6. The third-order valence-electron chi connectivity index (χ3n) is 10.8. The number of fused-ring (bicyclic) bond motifs is 2. The van der Waals surface area contributed by atoms with Crippen LogP contribution in [0, 0.1) is 11.8 Å². The van der Waals surface area contributed by atoms with Gasteiger partial charge in [-0.05, 0) is 44.0 Å². The second kappa shape index (κ2) is 20.6. The van der Waals surface area contributed by atoms with Crippen LogP contribution in [-0.2, 0) is 35.2 Å². The Morgan fingerprint density at radius 1 is 0.803 bits per heavy atom. The van der Waals surface area contributed by atoms with E-state index >= 15 is 0 Å². The SMILES string of the molecule is C[C@H]1C[C@@H](O)CNC(=O)[C@@H]2[C@@H](O)[C@@H](C)CN2C(=O)[C@H]([C@H](O)CCN)NC(=O)[C@H]([C@H](O)Cc2ccc(O)c(OS(O)(O)O)c2)NC(=O)[C@@H]2C[C@@H](O)CN2C(=O)[C@H]([C@@H](C)O)NC1=O. The third-order valence-corrected chi connectivity index (χ3v) is 11.2.